The van der Waals surface area contributed by atoms with Gasteiger partial charge in [-0.3, -0.25) is 9.36 Å². The third-order valence-corrected chi connectivity index (χ3v) is 8.12. The van der Waals surface area contributed by atoms with E-state index in [1.165, 1.54) is 0 Å². The van der Waals surface area contributed by atoms with E-state index >= 15 is 0 Å². The summed E-state index contributed by atoms with van der Waals surface area (Å²) in [6.07, 6.45) is 7.02. The van der Waals surface area contributed by atoms with Gasteiger partial charge < -0.3 is 15.7 Å². The van der Waals surface area contributed by atoms with Crippen molar-refractivity contribution in [2.45, 2.75) is 69.0 Å². The van der Waals surface area contributed by atoms with E-state index in [0.717, 1.165) is 38.5 Å². The molecule has 0 radical (unpaired) electrons. The molecular formula is C14H26NO4P. The smallest absolute Gasteiger partial charge is 0.319 e. The maximum atomic E-state index is 12.4. The van der Waals surface area contributed by atoms with Gasteiger partial charge in [0.2, 0.25) is 7.37 Å². The summed E-state index contributed by atoms with van der Waals surface area (Å²) in [6.45, 7) is 0. The van der Waals surface area contributed by atoms with Crippen molar-refractivity contribution in [3.63, 3.8) is 0 Å². The van der Waals surface area contributed by atoms with E-state index in [-0.39, 0.29) is 12.2 Å². The number of carbonyl (C=O) groups is 1. The Morgan fingerprint density at radius 1 is 1.25 bits per heavy atom. The quantitative estimate of drug-likeness (QED) is 0.693. The zero-order valence-corrected chi connectivity index (χ0v) is 12.9. The third kappa shape index (κ3) is 3.10. The number of rotatable bonds is 4. The summed E-state index contributed by atoms with van der Waals surface area (Å²) >= 11 is 0. The normalized spacial score (nSPS) is 42.3. The van der Waals surface area contributed by atoms with Crippen molar-refractivity contribution in [3.05, 3.63) is 0 Å². The fourth-order valence-electron chi connectivity index (χ4n) is 3.72. The van der Waals surface area contributed by atoms with Crippen molar-refractivity contribution in [2.24, 2.45) is 11.7 Å². The molecule has 0 aromatic heterocycles. The van der Waals surface area contributed by atoms with Gasteiger partial charge >= 0.3 is 5.97 Å². The third-order valence-electron chi connectivity index (χ3n) is 5.23. The maximum Gasteiger partial charge on any atom is 0.319 e. The summed E-state index contributed by atoms with van der Waals surface area (Å²) in [7, 11) is -3.59. The summed E-state index contributed by atoms with van der Waals surface area (Å²) in [5.74, 6) is -0.608. The molecule has 0 spiro atoms. The molecule has 116 valence electrons. The van der Waals surface area contributed by atoms with Gasteiger partial charge in [0, 0.05) is 12.2 Å². The Bertz CT molecular complexity index is 406. The molecule has 4 N–H and O–H groups in total. The summed E-state index contributed by atoms with van der Waals surface area (Å²) < 4.78 is 12.4. The second kappa shape index (κ2) is 6.17. The van der Waals surface area contributed by atoms with E-state index < -0.39 is 18.5 Å². The Morgan fingerprint density at radius 2 is 1.90 bits per heavy atom. The van der Waals surface area contributed by atoms with E-state index in [1.54, 1.807) is 0 Å². The summed E-state index contributed by atoms with van der Waals surface area (Å²) in [5.41, 5.74) is 5.87. The van der Waals surface area contributed by atoms with Crippen LogP contribution in [0.25, 0.3) is 0 Å². The predicted molar refractivity (Wildman–Crippen MR) is 78.1 cm³/mol. The first-order chi connectivity index (χ1) is 9.37. The highest BCUT2D eigenvalue weighted by Gasteiger charge is 2.54. The lowest BCUT2D eigenvalue weighted by atomic mass is 9.81. The van der Waals surface area contributed by atoms with Crippen molar-refractivity contribution in [1.82, 2.24) is 0 Å². The minimum Gasteiger partial charge on any atom is -0.480 e. The molecule has 1 heterocycles. The van der Waals surface area contributed by atoms with Crippen molar-refractivity contribution in [1.29, 1.82) is 0 Å². The first kappa shape index (κ1) is 16.0. The summed E-state index contributed by atoms with van der Waals surface area (Å²) in [5, 5.41) is 8.16. The van der Waals surface area contributed by atoms with E-state index in [2.05, 4.69) is 0 Å². The van der Waals surface area contributed by atoms with Crippen LogP contribution in [0.15, 0.2) is 0 Å². The molecule has 0 bridgehead atoms. The molecule has 5 nitrogen and oxygen atoms in total. The Labute approximate surface area is 120 Å². The minimum absolute atomic E-state index is 0.162. The standard InChI is InChI=1S/C14H26NO4P/c15-12-5-3-11(4-6-12)7-9-14(13(16)17)8-1-2-10-20(14,18)19/h11-12H,1-10,15H2,(H,16,17)(H,18,19)/t11-,12-,14?. The maximum absolute atomic E-state index is 12.4. The van der Waals surface area contributed by atoms with Crippen LogP contribution in [-0.4, -0.2) is 33.3 Å². The average molecular weight is 303 g/mol. The van der Waals surface area contributed by atoms with E-state index in [1.807, 2.05) is 0 Å². The largest absolute Gasteiger partial charge is 0.480 e. The number of hydrogen-bond acceptors (Lipinski definition) is 3. The monoisotopic (exact) mass is 303 g/mol. The lowest BCUT2D eigenvalue weighted by Crippen LogP contribution is -2.42. The van der Waals surface area contributed by atoms with Gasteiger partial charge in [-0.15, -0.1) is 0 Å². The van der Waals surface area contributed by atoms with Crippen molar-refractivity contribution in [3.8, 4) is 0 Å². The van der Waals surface area contributed by atoms with Gasteiger partial charge in [-0.05, 0) is 57.3 Å². The van der Waals surface area contributed by atoms with E-state index in [4.69, 9.17) is 5.73 Å². The molecule has 1 saturated heterocycles. The fraction of sp³-hybridized carbons (Fsp3) is 0.929. The molecule has 2 rings (SSSR count). The zero-order chi connectivity index (χ0) is 14.8. The van der Waals surface area contributed by atoms with Gasteiger partial charge in [-0.2, -0.15) is 0 Å². The Balaban J connectivity index is 2.02. The molecule has 2 fully saturated rings. The summed E-state index contributed by atoms with van der Waals surface area (Å²) in [6, 6.07) is 0.276. The highest BCUT2D eigenvalue weighted by Crippen LogP contribution is 2.62. The number of carboxylic acids is 1. The molecule has 0 aromatic carbocycles. The minimum atomic E-state index is -3.59. The molecule has 1 aliphatic carbocycles. The number of aliphatic carboxylic acids is 1. The van der Waals surface area contributed by atoms with Crippen LogP contribution in [0.1, 0.15) is 57.8 Å². The Kier molecular flexibility index (Phi) is 4.93. The molecule has 6 heteroatoms. The van der Waals surface area contributed by atoms with Crippen LogP contribution in [-0.2, 0) is 9.36 Å². The van der Waals surface area contributed by atoms with Crippen LogP contribution in [0.2, 0.25) is 0 Å². The molecule has 1 saturated carbocycles. The molecule has 1 aliphatic heterocycles. The van der Waals surface area contributed by atoms with Crippen molar-refractivity contribution < 1.29 is 19.4 Å². The predicted octanol–water partition coefficient (Wildman–Crippen LogP) is 2.56. The SMILES string of the molecule is N[C@H]1CC[C@H](CCC2(C(=O)O)CCCCP2(=O)O)CC1. The number of carboxylic acid groups (broad SMARTS) is 1. The molecule has 0 amide bonds. The Hall–Kier alpha value is -0.380. The molecule has 0 aromatic rings. The molecular weight excluding hydrogens is 277 g/mol. The zero-order valence-electron chi connectivity index (χ0n) is 12.0. The number of hydrogen-bond donors (Lipinski definition) is 3. The van der Waals surface area contributed by atoms with Crippen molar-refractivity contribution >= 4 is 13.3 Å². The van der Waals surface area contributed by atoms with Crippen LogP contribution in [0.4, 0.5) is 0 Å². The molecule has 2 unspecified atom stereocenters. The van der Waals surface area contributed by atoms with Gasteiger partial charge in [0.05, 0.1) is 0 Å². The van der Waals surface area contributed by atoms with Crippen LogP contribution >= 0.6 is 7.37 Å². The molecule has 2 aliphatic rings. The topological polar surface area (TPSA) is 101 Å². The van der Waals surface area contributed by atoms with E-state index in [9.17, 15) is 19.4 Å². The summed E-state index contributed by atoms with van der Waals surface area (Å²) in [4.78, 5) is 21.8. The van der Waals surface area contributed by atoms with Gasteiger partial charge in [0.25, 0.3) is 0 Å². The van der Waals surface area contributed by atoms with Crippen LogP contribution in [0.3, 0.4) is 0 Å². The first-order valence-electron chi connectivity index (χ1n) is 7.68. The number of nitrogens with two attached hydrogens (primary N) is 1. The fourth-order valence-corrected chi connectivity index (χ4v) is 6.08. The van der Waals surface area contributed by atoms with Crippen LogP contribution in [0, 0.1) is 5.92 Å². The molecule has 20 heavy (non-hydrogen) atoms. The van der Waals surface area contributed by atoms with Crippen LogP contribution in [0.5, 0.6) is 0 Å². The lowest BCUT2D eigenvalue weighted by Gasteiger charge is -2.38. The van der Waals surface area contributed by atoms with Gasteiger partial charge in [-0.25, -0.2) is 0 Å². The highest BCUT2D eigenvalue weighted by molar-refractivity contribution is 7.60. The Morgan fingerprint density at radius 3 is 2.45 bits per heavy atom. The second-order valence-electron chi connectivity index (χ2n) is 6.54. The highest BCUT2D eigenvalue weighted by atomic mass is 31.2. The van der Waals surface area contributed by atoms with Gasteiger partial charge in [0.1, 0.15) is 5.16 Å². The second-order valence-corrected chi connectivity index (χ2v) is 9.24. The van der Waals surface area contributed by atoms with Gasteiger partial charge in [-0.1, -0.05) is 6.42 Å². The average Bonchev–Trinajstić information content (AvgIpc) is 2.39. The molecule has 2 atom stereocenters. The van der Waals surface area contributed by atoms with Crippen LogP contribution < -0.4 is 5.73 Å². The van der Waals surface area contributed by atoms with Gasteiger partial charge in [0.15, 0.2) is 0 Å². The lowest BCUT2D eigenvalue weighted by molar-refractivity contribution is -0.141. The van der Waals surface area contributed by atoms with Crippen molar-refractivity contribution in [2.75, 3.05) is 6.16 Å². The first-order valence-corrected chi connectivity index (χ1v) is 9.53. The van der Waals surface area contributed by atoms with E-state index in [0.29, 0.717) is 25.2 Å².